The van der Waals surface area contributed by atoms with E-state index >= 15 is 0 Å². The Hall–Kier alpha value is -2.74. The number of carbonyl (C=O) groups excluding carboxylic acids is 1. The molecule has 23 heavy (non-hydrogen) atoms. The van der Waals surface area contributed by atoms with Crippen LogP contribution < -0.4 is 10.6 Å². The fourth-order valence-corrected chi connectivity index (χ4v) is 2.24. The van der Waals surface area contributed by atoms with Crippen molar-refractivity contribution in [3.05, 3.63) is 58.7 Å². The summed E-state index contributed by atoms with van der Waals surface area (Å²) in [4.78, 5) is 20.3. The number of hydrogen-bond donors (Lipinski definition) is 2. The average molecular weight is 374 g/mol. The van der Waals surface area contributed by atoms with Crippen LogP contribution in [0, 0.1) is 6.92 Å². The summed E-state index contributed by atoms with van der Waals surface area (Å²) in [6.45, 7) is 1.79. The number of nitrogens with zero attached hydrogens (tertiary/aromatic N) is 3. The third kappa shape index (κ3) is 3.72. The Morgan fingerprint density at radius 1 is 1.17 bits per heavy atom. The molecule has 2 aromatic heterocycles. The maximum absolute atomic E-state index is 12.3. The van der Waals surface area contributed by atoms with Crippen molar-refractivity contribution >= 4 is 39.2 Å². The maximum atomic E-state index is 12.3. The summed E-state index contributed by atoms with van der Waals surface area (Å²) in [5.74, 6) is 1.30. The molecule has 2 heterocycles. The van der Waals surface area contributed by atoms with Crippen molar-refractivity contribution in [1.82, 2.24) is 15.1 Å². The third-order valence-electron chi connectivity index (χ3n) is 2.91. The van der Waals surface area contributed by atoms with Crippen LogP contribution in [0.3, 0.4) is 0 Å². The van der Waals surface area contributed by atoms with Crippen molar-refractivity contribution in [1.29, 1.82) is 0 Å². The smallest absolute Gasteiger partial charge is 0.274 e. The second kappa shape index (κ2) is 6.57. The van der Waals surface area contributed by atoms with E-state index in [4.69, 9.17) is 4.52 Å². The van der Waals surface area contributed by atoms with E-state index in [1.54, 1.807) is 19.1 Å². The number of amides is 1. The van der Waals surface area contributed by atoms with Gasteiger partial charge in [0.05, 0.1) is 5.69 Å². The Morgan fingerprint density at radius 2 is 2.00 bits per heavy atom. The van der Waals surface area contributed by atoms with Crippen molar-refractivity contribution in [2.45, 2.75) is 6.92 Å². The Morgan fingerprint density at radius 3 is 2.74 bits per heavy atom. The molecular weight excluding hydrogens is 362 g/mol. The lowest BCUT2D eigenvalue weighted by atomic mass is 10.3. The van der Waals surface area contributed by atoms with Crippen LogP contribution in [-0.2, 0) is 0 Å². The topological polar surface area (TPSA) is 92.9 Å². The van der Waals surface area contributed by atoms with Crippen LogP contribution in [0.2, 0.25) is 0 Å². The van der Waals surface area contributed by atoms with Crippen molar-refractivity contribution in [3.8, 4) is 0 Å². The standard InChI is InChI=1S/C15H12BrN5O2/c1-9-6-14(21-23-9)20-13-7-12(17-8-18-13)15(22)19-11-5-3-2-4-10(11)16/h2-8H,1H3,(H,19,22)(H,17,18,20,21). The molecule has 0 spiro atoms. The van der Waals surface area contributed by atoms with E-state index in [0.29, 0.717) is 23.1 Å². The van der Waals surface area contributed by atoms with Crippen molar-refractivity contribution in [2.24, 2.45) is 0 Å². The normalized spacial score (nSPS) is 10.3. The van der Waals surface area contributed by atoms with Gasteiger partial charge < -0.3 is 15.2 Å². The lowest BCUT2D eigenvalue weighted by molar-refractivity contribution is 0.102. The van der Waals surface area contributed by atoms with Crippen molar-refractivity contribution in [2.75, 3.05) is 10.6 Å². The molecule has 1 amide bonds. The summed E-state index contributed by atoms with van der Waals surface area (Å²) < 4.78 is 5.76. The van der Waals surface area contributed by atoms with Crippen LogP contribution in [0.1, 0.15) is 16.2 Å². The highest BCUT2D eigenvalue weighted by molar-refractivity contribution is 9.10. The Kier molecular flexibility index (Phi) is 4.33. The number of carbonyl (C=O) groups is 1. The Bertz CT molecular complexity index is 849. The highest BCUT2D eigenvalue weighted by Crippen LogP contribution is 2.22. The average Bonchev–Trinajstić information content (AvgIpc) is 2.95. The largest absolute Gasteiger partial charge is 0.360 e. The summed E-state index contributed by atoms with van der Waals surface area (Å²) in [6.07, 6.45) is 1.31. The monoisotopic (exact) mass is 373 g/mol. The first kappa shape index (κ1) is 15.2. The van der Waals surface area contributed by atoms with Gasteiger partial charge in [0, 0.05) is 16.6 Å². The van der Waals surface area contributed by atoms with Crippen LogP contribution in [0.15, 0.2) is 51.7 Å². The van der Waals surface area contributed by atoms with Crippen LogP contribution in [0.25, 0.3) is 0 Å². The van der Waals surface area contributed by atoms with Gasteiger partial charge in [0.2, 0.25) is 0 Å². The second-order valence-corrected chi connectivity index (χ2v) is 5.52. The number of para-hydroxylation sites is 1. The first-order valence-electron chi connectivity index (χ1n) is 6.70. The van der Waals surface area contributed by atoms with Gasteiger partial charge in [0.1, 0.15) is 23.6 Å². The summed E-state index contributed by atoms with van der Waals surface area (Å²) in [5, 5.41) is 9.55. The van der Waals surface area contributed by atoms with Gasteiger partial charge in [0.25, 0.3) is 5.91 Å². The number of aromatic nitrogens is 3. The molecule has 7 nitrogen and oxygen atoms in total. The highest BCUT2D eigenvalue weighted by atomic mass is 79.9. The molecule has 0 aliphatic rings. The molecule has 116 valence electrons. The van der Waals surface area contributed by atoms with Gasteiger partial charge in [-0.1, -0.05) is 17.3 Å². The Labute approximate surface area is 140 Å². The van der Waals surface area contributed by atoms with E-state index in [2.05, 4.69) is 41.7 Å². The zero-order valence-electron chi connectivity index (χ0n) is 12.1. The summed E-state index contributed by atoms with van der Waals surface area (Å²) in [7, 11) is 0. The molecule has 2 N–H and O–H groups in total. The van der Waals surface area contributed by atoms with Gasteiger partial charge in [-0.05, 0) is 35.0 Å². The number of anilines is 3. The molecule has 1 aromatic carbocycles. The summed E-state index contributed by atoms with van der Waals surface area (Å²) in [6, 6.07) is 10.6. The highest BCUT2D eigenvalue weighted by Gasteiger charge is 2.11. The molecule has 0 bridgehead atoms. The molecular formula is C15H12BrN5O2. The molecule has 0 aliphatic carbocycles. The van der Waals surface area contributed by atoms with E-state index in [1.165, 1.54) is 12.4 Å². The zero-order chi connectivity index (χ0) is 16.2. The minimum atomic E-state index is -0.335. The molecule has 3 rings (SSSR count). The van der Waals surface area contributed by atoms with Gasteiger partial charge in [-0.15, -0.1) is 0 Å². The number of benzene rings is 1. The molecule has 0 saturated heterocycles. The quantitative estimate of drug-likeness (QED) is 0.726. The minimum absolute atomic E-state index is 0.235. The van der Waals surface area contributed by atoms with E-state index in [9.17, 15) is 4.79 Å². The van der Waals surface area contributed by atoms with Crippen LogP contribution in [-0.4, -0.2) is 21.0 Å². The van der Waals surface area contributed by atoms with E-state index < -0.39 is 0 Å². The maximum Gasteiger partial charge on any atom is 0.274 e. The number of nitrogens with one attached hydrogen (secondary N) is 2. The predicted octanol–water partition coefficient (Wildman–Crippen LogP) is 3.53. The van der Waals surface area contributed by atoms with E-state index in [0.717, 1.165) is 4.47 Å². The van der Waals surface area contributed by atoms with Gasteiger partial charge in [-0.25, -0.2) is 9.97 Å². The van der Waals surface area contributed by atoms with E-state index in [1.807, 2.05) is 18.2 Å². The third-order valence-corrected chi connectivity index (χ3v) is 3.60. The van der Waals surface area contributed by atoms with Gasteiger partial charge in [-0.3, -0.25) is 4.79 Å². The SMILES string of the molecule is Cc1cc(Nc2cc(C(=O)Nc3ccccc3Br)ncn2)no1. The van der Waals surface area contributed by atoms with Crippen molar-refractivity contribution in [3.63, 3.8) is 0 Å². The number of rotatable bonds is 4. The van der Waals surface area contributed by atoms with Crippen molar-refractivity contribution < 1.29 is 9.32 Å². The molecule has 0 atom stereocenters. The minimum Gasteiger partial charge on any atom is -0.360 e. The fraction of sp³-hybridized carbons (Fsp3) is 0.0667. The molecule has 8 heteroatoms. The molecule has 3 aromatic rings. The summed E-state index contributed by atoms with van der Waals surface area (Å²) >= 11 is 3.38. The molecule has 0 aliphatic heterocycles. The zero-order valence-corrected chi connectivity index (χ0v) is 13.7. The number of aryl methyl sites for hydroxylation is 1. The van der Waals surface area contributed by atoms with E-state index in [-0.39, 0.29) is 11.6 Å². The lowest BCUT2D eigenvalue weighted by Crippen LogP contribution is -2.14. The molecule has 0 saturated carbocycles. The van der Waals surface area contributed by atoms with Crippen LogP contribution in [0.4, 0.5) is 17.3 Å². The van der Waals surface area contributed by atoms with Crippen LogP contribution in [0.5, 0.6) is 0 Å². The second-order valence-electron chi connectivity index (χ2n) is 4.67. The van der Waals surface area contributed by atoms with Gasteiger partial charge in [-0.2, -0.15) is 0 Å². The van der Waals surface area contributed by atoms with Gasteiger partial charge in [0.15, 0.2) is 5.82 Å². The summed E-state index contributed by atoms with van der Waals surface area (Å²) in [5.41, 5.74) is 0.899. The molecule has 0 fully saturated rings. The van der Waals surface area contributed by atoms with Crippen LogP contribution >= 0.6 is 15.9 Å². The first-order chi connectivity index (χ1) is 11.1. The first-order valence-corrected chi connectivity index (χ1v) is 7.49. The Balaban J connectivity index is 1.76. The number of hydrogen-bond acceptors (Lipinski definition) is 6. The fourth-order valence-electron chi connectivity index (χ4n) is 1.86. The predicted molar refractivity (Wildman–Crippen MR) is 88.6 cm³/mol. The lowest BCUT2D eigenvalue weighted by Gasteiger charge is -2.07. The van der Waals surface area contributed by atoms with Gasteiger partial charge >= 0.3 is 0 Å². The molecule has 0 radical (unpaired) electrons. The molecule has 0 unspecified atom stereocenters. The number of halogens is 1.